The second-order valence-electron chi connectivity index (χ2n) is 5.63. The molecule has 1 aromatic carbocycles. The lowest BCUT2D eigenvalue weighted by Crippen LogP contribution is -2.27. The number of rotatable bonds is 6. The highest BCUT2D eigenvalue weighted by atomic mass is 16.5. The zero-order valence-electron chi connectivity index (χ0n) is 14.2. The lowest BCUT2D eigenvalue weighted by molar-refractivity contribution is 0.0947. The first-order chi connectivity index (χ1) is 12.6. The van der Waals surface area contributed by atoms with Gasteiger partial charge in [0.1, 0.15) is 11.4 Å². The molecule has 3 aromatic rings. The lowest BCUT2D eigenvalue weighted by Gasteiger charge is -2.05. The van der Waals surface area contributed by atoms with Crippen molar-refractivity contribution < 1.29 is 19.4 Å². The van der Waals surface area contributed by atoms with E-state index in [1.165, 1.54) is 0 Å². The summed E-state index contributed by atoms with van der Waals surface area (Å²) in [5.74, 6) is -0.0970. The highest BCUT2D eigenvalue weighted by Gasteiger charge is 2.25. The molecule has 0 atom stereocenters. The van der Waals surface area contributed by atoms with E-state index in [4.69, 9.17) is 15.6 Å². The van der Waals surface area contributed by atoms with Gasteiger partial charge < -0.3 is 25.3 Å². The van der Waals surface area contributed by atoms with Crippen molar-refractivity contribution in [3.63, 3.8) is 0 Å². The van der Waals surface area contributed by atoms with Crippen LogP contribution in [0.1, 0.15) is 26.4 Å². The molecule has 26 heavy (non-hydrogen) atoms. The molecule has 2 heterocycles. The summed E-state index contributed by atoms with van der Waals surface area (Å²) in [6.07, 6.45) is 1.69. The Balaban J connectivity index is 2.12. The molecule has 0 fully saturated rings. The van der Waals surface area contributed by atoms with E-state index >= 15 is 0 Å². The van der Waals surface area contributed by atoms with E-state index in [0.29, 0.717) is 16.8 Å². The number of anilines is 1. The Bertz CT molecular complexity index is 961. The number of aliphatic hydroxyl groups excluding tert-OH is 1. The minimum Gasteiger partial charge on any atom is -0.497 e. The first kappa shape index (κ1) is 17.5. The third-order valence-corrected chi connectivity index (χ3v) is 4.07. The van der Waals surface area contributed by atoms with Crippen LogP contribution in [0, 0.1) is 0 Å². The van der Waals surface area contributed by atoms with Gasteiger partial charge in [0, 0.05) is 18.3 Å². The number of methoxy groups -OCH3 is 1. The van der Waals surface area contributed by atoms with Crippen LogP contribution in [0.2, 0.25) is 0 Å². The Hall–Kier alpha value is -3.32. The number of ketones is 1. The van der Waals surface area contributed by atoms with E-state index < -0.39 is 5.91 Å². The number of ether oxygens (including phenoxy) is 1. The number of fused-ring (bicyclic) bond motifs is 1. The number of nitrogens with two attached hydrogens (primary N) is 1. The third-order valence-electron chi connectivity index (χ3n) is 4.07. The molecule has 0 aliphatic heterocycles. The van der Waals surface area contributed by atoms with Gasteiger partial charge >= 0.3 is 0 Å². The number of carbonyl (C=O) groups excluding carboxylic acids is 2. The Morgan fingerprint density at radius 2 is 1.92 bits per heavy atom. The van der Waals surface area contributed by atoms with Crippen LogP contribution in [0.5, 0.6) is 5.75 Å². The van der Waals surface area contributed by atoms with Crippen LogP contribution >= 0.6 is 0 Å². The predicted octanol–water partition coefficient (Wildman–Crippen LogP) is 1.48. The van der Waals surface area contributed by atoms with Crippen LogP contribution in [0.25, 0.3) is 5.52 Å². The quantitative estimate of drug-likeness (QED) is 0.582. The number of aromatic nitrogens is 1. The van der Waals surface area contributed by atoms with Crippen LogP contribution in [-0.4, -0.2) is 41.5 Å². The molecule has 0 aliphatic rings. The monoisotopic (exact) mass is 353 g/mol. The number of hydrogen-bond acceptors (Lipinski definition) is 5. The highest BCUT2D eigenvalue weighted by Crippen LogP contribution is 2.28. The maximum Gasteiger partial charge on any atom is 0.255 e. The fourth-order valence-electron chi connectivity index (χ4n) is 2.84. The van der Waals surface area contributed by atoms with E-state index in [-0.39, 0.29) is 35.9 Å². The first-order valence-electron chi connectivity index (χ1n) is 8.04. The number of nitrogen functional groups attached to an aromatic ring is 1. The summed E-state index contributed by atoms with van der Waals surface area (Å²) < 4.78 is 6.71. The fourth-order valence-corrected chi connectivity index (χ4v) is 2.84. The van der Waals surface area contributed by atoms with Gasteiger partial charge in [-0.1, -0.05) is 6.07 Å². The molecule has 3 rings (SSSR count). The smallest absolute Gasteiger partial charge is 0.255 e. The Labute approximate surface area is 150 Å². The molecule has 134 valence electrons. The Morgan fingerprint density at radius 1 is 1.19 bits per heavy atom. The standard InChI is InChI=1S/C19H19N3O4/c1-26-13-7-5-12(6-8-13)18(24)17-16(20)15(19(25)21-9-11-23)14-4-2-3-10-22(14)17/h2-8,10,23H,9,11,20H2,1H3,(H,21,25). The second-order valence-corrected chi connectivity index (χ2v) is 5.63. The van der Waals surface area contributed by atoms with E-state index in [9.17, 15) is 9.59 Å². The number of nitrogens with zero attached hydrogens (tertiary/aromatic N) is 1. The SMILES string of the molecule is COc1ccc(C(=O)c2c(N)c(C(=O)NCCO)c3ccccn23)cc1. The number of hydrogen-bond donors (Lipinski definition) is 3. The molecule has 0 bridgehead atoms. The van der Waals surface area contributed by atoms with Gasteiger partial charge in [-0.05, 0) is 36.4 Å². The van der Waals surface area contributed by atoms with Gasteiger partial charge in [0.25, 0.3) is 5.91 Å². The molecule has 0 radical (unpaired) electrons. The predicted molar refractivity (Wildman–Crippen MR) is 97.7 cm³/mol. The van der Waals surface area contributed by atoms with Crippen LogP contribution in [-0.2, 0) is 0 Å². The maximum absolute atomic E-state index is 13.0. The van der Waals surface area contributed by atoms with E-state index in [2.05, 4.69) is 5.32 Å². The third kappa shape index (κ3) is 3.00. The molecule has 2 aromatic heterocycles. The number of carbonyl (C=O) groups is 2. The summed E-state index contributed by atoms with van der Waals surface area (Å²) in [6, 6.07) is 11.9. The topological polar surface area (TPSA) is 106 Å². The molecule has 0 saturated heterocycles. The maximum atomic E-state index is 13.0. The minimum absolute atomic E-state index is 0.101. The van der Waals surface area contributed by atoms with Gasteiger partial charge in [0.05, 0.1) is 30.5 Å². The number of pyridine rings is 1. The van der Waals surface area contributed by atoms with Crippen LogP contribution in [0.15, 0.2) is 48.7 Å². The molecule has 4 N–H and O–H groups in total. The number of aliphatic hydroxyl groups is 1. The van der Waals surface area contributed by atoms with Crippen molar-refractivity contribution in [1.82, 2.24) is 9.72 Å². The van der Waals surface area contributed by atoms with Crippen molar-refractivity contribution in [2.24, 2.45) is 0 Å². The van der Waals surface area contributed by atoms with Gasteiger partial charge in [-0.25, -0.2) is 0 Å². The average molecular weight is 353 g/mol. The molecular formula is C19H19N3O4. The van der Waals surface area contributed by atoms with Crippen molar-refractivity contribution in [2.75, 3.05) is 26.0 Å². The summed E-state index contributed by atoms with van der Waals surface area (Å²) in [4.78, 5) is 25.5. The van der Waals surface area contributed by atoms with Gasteiger partial charge in [-0.15, -0.1) is 0 Å². The normalized spacial score (nSPS) is 10.7. The Kier molecular flexibility index (Phi) is 4.90. The Morgan fingerprint density at radius 3 is 2.58 bits per heavy atom. The van der Waals surface area contributed by atoms with Crippen molar-refractivity contribution in [3.8, 4) is 5.75 Å². The van der Waals surface area contributed by atoms with Crippen molar-refractivity contribution >= 4 is 22.9 Å². The summed E-state index contributed by atoms with van der Waals surface area (Å²) in [6.45, 7) is -0.0841. The second kappa shape index (κ2) is 7.28. The number of benzene rings is 1. The van der Waals surface area contributed by atoms with Gasteiger partial charge in [-0.2, -0.15) is 0 Å². The van der Waals surface area contributed by atoms with Crippen LogP contribution in [0.4, 0.5) is 5.69 Å². The minimum atomic E-state index is -0.436. The summed E-state index contributed by atoms with van der Waals surface area (Å²) >= 11 is 0. The fraction of sp³-hybridized carbons (Fsp3) is 0.158. The zero-order chi connectivity index (χ0) is 18.7. The van der Waals surface area contributed by atoms with E-state index in [1.807, 2.05) is 0 Å². The average Bonchev–Trinajstić information content (AvgIpc) is 2.97. The molecule has 7 nitrogen and oxygen atoms in total. The van der Waals surface area contributed by atoms with Crippen LogP contribution in [0.3, 0.4) is 0 Å². The van der Waals surface area contributed by atoms with E-state index in [1.54, 1.807) is 60.2 Å². The molecule has 0 spiro atoms. The van der Waals surface area contributed by atoms with Crippen molar-refractivity contribution in [3.05, 3.63) is 65.5 Å². The molecular weight excluding hydrogens is 334 g/mol. The molecule has 7 heteroatoms. The molecule has 0 unspecified atom stereocenters. The number of amides is 1. The van der Waals surface area contributed by atoms with Gasteiger partial charge in [-0.3, -0.25) is 9.59 Å². The summed E-state index contributed by atoms with van der Waals surface area (Å²) in [5.41, 5.74) is 7.70. The molecule has 0 saturated carbocycles. The molecule has 1 amide bonds. The van der Waals surface area contributed by atoms with Crippen LogP contribution < -0.4 is 15.8 Å². The van der Waals surface area contributed by atoms with Crippen molar-refractivity contribution in [2.45, 2.75) is 0 Å². The van der Waals surface area contributed by atoms with Crippen molar-refractivity contribution in [1.29, 1.82) is 0 Å². The summed E-state index contributed by atoms with van der Waals surface area (Å²) in [7, 11) is 1.55. The highest BCUT2D eigenvalue weighted by molar-refractivity contribution is 6.17. The molecule has 0 aliphatic carbocycles. The van der Waals surface area contributed by atoms with Gasteiger partial charge in [0.2, 0.25) is 5.78 Å². The summed E-state index contributed by atoms with van der Waals surface area (Å²) in [5, 5.41) is 11.5. The van der Waals surface area contributed by atoms with Gasteiger partial charge in [0.15, 0.2) is 0 Å². The zero-order valence-corrected chi connectivity index (χ0v) is 14.2. The largest absolute Gasteiger partial charge is 0.497 e. The number of nitrogens with one attached hydrogen (secondary N) is 1. The lowest BCUT2D eigenvalue weighted by atomic mass is 10.1. The first-order valence-corrected chi connectivity index (χ1v) is 8.04. The van der Waals surface area contributed by atoms with E-state index in [0.717, 1.165) is 0 Å².